The molecule has 1 N–H and O–H groups in total. The standard InChI is InChI=1S/C19H26N4OS/c1-22-11-9-20-19(22)25-15-18(24)21-12-17-8-5-10-23(14-17)13-16-6-3-2-4-7-16/h2-4,6-7,9,11,17H,5,8,10,12-15H2,1H3,(H,21,24)/t17-/m1/s1. The van der Waals surface area contributed by atoms with Crippen molar-refractivity contribution in [1.82, 2.24) is 19.8 Å². The van der Waals surface area contributed by atoms with Crippen molar-refractivity contribution >= 4 is 17.7 Å². The Morgan fingerprint density at radius 1 is 1.36 bits per heavy atom. The highest BCUT2D eigenvalue weighted by atomic mass is 32.2. The molecule has 1 aliphatic heterocycles. The lowest BCUT2D eigenvalue weighted by Crippen LogP contribution is -2.40. The van der Waals surface area contributed by atoms with Crippen LogP contribution in [0.1, 0.15) is 18.4 Å². The number of amides is 1. The summed E-state index contributed by atoms with van der Waals surface area (Å²) in [6, 6.07) is 10.6. The van der Waals surface area contributed by atoms with E-state index in [0.717, 1.165) is 31.3 Å². The van der Waals surface area contributed by atoms with Gasteiger partial charge in [-0.1, -0.05) is 42.1 Å². The number of aryl methyl sites for hydroxylation is 1. The van der Waals surface area contributed by atoms with E-state index in [0.29, 0.717) is 11.7 Å². The van der Waals surface area contributed by atoms with Crippen LogP contribution in [0, 0.1) is 5.92 Å². The Morgan fingerprint density at radius 3 is 2.96 bits per heavy atom. The summed E-state index contributed by atoms with van der Waals surface area (Å²) in [4.78, 5) is 18.8. The Hall–Kier alpha value is -1.79. The molecule has 1 fully saturated rings. The molecule has 0 bridgehead atoms. The third-order valence-electron chi connectivity index (χ3n) is 4.55. The summed E-state index contributed by atoms with van der Waals surface area (Å²) >= 11 is 1.48. The number of nitrogens with zero attached hydrogens (tertiary/aromatic N) is 3. The van der Waals surface area contributed by atoms with Crippen LogP contribution in [-0.2, 0) is 18.4 Å². The molecule has 5 nitrogen and oxygen atoms in total. The first kappa shape index (κ1) is 18.0. The van der Waals surface area contributed by atoms with E-state index < -0.39 is 0 Å². The fourth-order valence-corrected chi connectivity index (χ4v) is 4.00. The molecule has 134 valence electrons. The summed E-state index contributed by atoms with van der Waals surface area (Å²) in [5.41, 5.74) is 1.36. The molecule has 3 rings (SSSR count). The van der Waals surface area contributed by atoms with Crippen molar-refractivity contribution in [2.75, 3.05) is 25.4 Å². The summed E-state index contributed by atoms with van der Waals surface area (Å²) in [5, 5.41) is 3.97. The number of aromatic nitrogens is 2. The molecule has 1 aromatic carbocycles. The van der Waals surface area contributed by atoms with Gasteiger partial charge in [0, 0.05) is 39.1 Å². The first-order chi connectivity index (χ1) is 12.2. The lowest BCUT2D eigenvalue weighted by atomic mass is 9.97. The monoisotopic (exact) mass is 358 g/mol. The fraction of sp³-hybridized carbons (Fsp3) is 0.474. The molecule has 2 aromatic rings. The molecule has 0 radical (unpaired) electrons. The number of nitrogens with one attached hydrogen (secondary N) is 1. The van der Waals surface area contributed by atoms with Crippen molar-refractivity contribution in [3.8, 4) is 0 Å². The Bertz CT molecular complexity index is 673. The van der Waals surface area contributed by atoms with E-state index in [2.05, 4.69) is 45.5 Å². The van der Waals surface area contributed by atoms with E-state index in [-0.39, 0.29) is 5.91 Å². The number of likely N-dealkylation sites (tertiary alicyclic amines) is 1. The number of imidazole rings is 1. The molecule has 1 aliphatic rings. The average molecular weight is 359 g/mol. The smallest absolute Gasteiger partial charge is 0.230 e. The minimum absolute atomic E-state index is 0.0909. The second kappa shape index (κ2) is 9.06. The summed E-state index contributed by atoms with van der Waals surface area (Å²) in [6.07, 6.45) is 6.04. The van der Waals surface area contributed by atoms with Gasteiger partial charge in [0.25, 0.3) is 0 Å². The van der Waals surface area contributed by atoms with Crippen LogP contribution in [0.2, 0.25) is 0 Å². The lowest BCUT2D eigenvalue weighted by molar-refractivity contribution is -0.118. The van der Waals surface area contributed by atoms with Crippen molar-refractivity contribution in [2.24, 2.45) is 13.0 Å². The molecule has 6 heteroatoms. The number of hydrogen-bond acceptors (Lipinski definition) is 4. The maximum atomic E-state index is 12.1. The first-order valence-corrected chi connectivity index (χ1v) is 9.82. The first-order valence-electron chi connectivity index (χ1n) is 8.84. The Morgan fingerprint density at radius 2 is 2.20 bits per heavy atom. The van der Waals surface area contributed by atoms with Gasteiger partial charge >= 0.3 is 0 Å². The molecule has 1 aromatic heterocycles. The Kier molecular flexibility index (Phi) is 6.53. The van der Waals surface area contributed by atoms with Gasteiger partial charge < -0.3 is 9.88 Å². The number of thioether (sulfide) groups is 1. The predicted molar refractivity (Wildman–Crippen MR) is 101 cm³/mol. The van der Waals surface area contributed by atoms with E-state index >= 15 is 0 Å². The predicted octanol–water partition coefficient (Wildman–Crippen LogP) is 2.54. The zero-order valence-corrected chi connectivity index (χ0v) is 15.5. The molecule has 0 saturated carbocycles. The van der Waals surface area contributed by atoms with Crippen molar-refractivity contribution < 1.29 is 4.79 Å². The molecule has 1 atom stereocenters. The minimum atomic E-state index is 0.0909. The summed E-state index contributed by atoms with van der Waals surface area (Å²) in [7, 11) is 1.94. The molecule has 2 heterocycles. The van der Waals surface area contributed by atoms with E-state index in [4.69, 9.17) is 0 Å². The summed E-state index contributed by atoms with van der Waals surface area (Å²) < 4.78 is 1.93. The van der Waals surface area contributed by atoms with Crippen molar-refractivity contribution in [3.05, 3.63) is 48.3 Å². The van der Waals surface area contributed by atoms with Crippen molar-refractivity contribution in [1.29, 1.82) is 0 Å². The maximum Gasteiger partial charge on any atom is 0.230 e. The van der Waals surface area contributed by atoms with Crippen LogP contribution >= 0.6 is 11.8 Å². The van der Waals surface area contributed by atoms with Gasteiger partial charge in [-0.05, 0) is 30.9 Å². The highest BCUT2D eigenvalue weighted by molar-refractivity contribution is 7.99. The normalized spacial score (nSPS) is 18.2. The molecule has 1 saturated heterocycles. The van der Waals surface area contributed by atoms with E-state index in [1.807, 2.05) is 17.8 Å². The van der Waals surface area contributed by atoms with Crippen LogP contribution in [0.5, 0.6) is 0 Å². The SMILES string of the molecule is Cn1ccnc1SCC(=O)NC[C@H]1CCCN(Cc2ccccc2)C1. The van der Waals surface area contributed by atoms with Gasteiger partial charge in [-0.15, -0.1) is 0 Å². The highest BCUT2D eigenvalue weighted by Crippen LogP contribution is 2.18. The van der Waals surface area contributed by atoms with Gasteiger partial charge in [-0.2, -0.15) is 0 Å². The number of benzene rings is 1. The van der Waals surface area contributed by atoms with E-state index in [1.165, 1.54) is 30.2 Å². The number of carbonyl (C=O) groups is 1. The second-order valence-electron chi connectivity index (χ2n) is 6.64. The summed E-state index contributed by atoms with van der Waals surface area (Å²) in [5.74, 6) is 1.05. The van der Waals surface area contributed by atoms with Gasteiger partial charge in [0.15, 0.2) is 5.16 Å². The number of carbonyl (C=O) groups excluding carboxylic acids is 1. The van der Waals surface area contributed by atoms with Crippen molar-refractivity contribution in [3.63, 3.8) is 0 Å². The average Bonchev–Trinajstić information content (AvgIpc) is 3.04. The quantitative estimate of drug-likeness (QED) is 0.773. The van der Waals surface area contributed by atoms with E-state index in [9.17, 15) is 4.79 Å². The van der Waals surface area contributed by atoms with Crippen LogP contribution < -0.4 is 5.32 Å². The maximum absolute atomic E-state index is 12.1. The van der Waals surface area contributed by atoms with Gasteiger partial charge in [0.2, 0.25) is 5.91 Å². The molecule has 25 heavy (non-hydrogen) atoms. The summed E-state index contributed by atoms with van der Waals surface area (Å²) in [6.45, 7) is 3.97. The third kappa shape index (κ3) is 5.61. The Balaban J connectivity index is 1.39. The van der Waals surface area contributed by atoms with Crippen LogP contribution in [0.3, 0.4) is 0 Å². The molecular formula is C19H26N4OS. The molecule has 0 spiro atoms. The largest absolute Gasteiger partial charge is 0.355 e. The molecule has 0 aliphatic carbocycles. The molecular weight excluding hydrogens is 332 g/mol. The Labute approximate surface area is 153 Å². The topological polar surface area (TPSA) is 50.2 Å². The zero-order chi connectivity index (χ0) is 17.5. The van der Waals surface area contributed by atoms with Crippen LogP contribution in [0.4, 0.5) is 0 Å². The molecule has 1 amide bonds. The zero-order valence-electron chi connectivity index (χ0n) is 14.7. The van der Waals surface area contributed by atoms with Gasteiger partial charge in [-0.25, -0.2) is 4.98 Å². The van der Waals surface area contributed by atoms with Gasteiger partial charge in [0.1, 0.15) is 0 Å². The van der Waals surface area contributed by atoms with Crippen LogP contribution in [0.15, 0.2) is 47.9 Å². The van der Waals surface area contributed by atoms with E-state index in [1.54, 1.807) is 6.20 Å². The molecule has 0 unspecified atom stereocenters. The van der Waals surface area contributed by atoms with Crippen LogP contribution in [0.25, 0.3) is 0 Å². The minimum Gasteiger partial charge on any atom is -0.355 e. The highest BCUT2D eigenvalue weighted by Gasteiger charge is 2.20. The van der Waals surface area contributed by atoms with Crippen molar-refractivity contribution in [2.45, 2.75) is 24.5 Å². The number of piperidine rings is 1. The third-order valence-corrected chi connectivity index (χ3v) is 5.61. The lowest BCUT2D eigenvalue weighted by Gasteiger charge is -2.32. The number of rotatable bonds is 7. The van der Waals surface area contributed by atoms with Gasteiger partial charge in [-0.3, -0.25) is 9.69 Å². The van der Waals surface area contributed by atoms with Crippen LogP contribution in [-0.4, -0.2) is 45.7 Å². The fourth-order valence-electron chi connectivity index (χ4n) is 3.23. The van der Waals surface area contributed by atoms with Gasteiger partial charge in [0.05, 0.1) is 5.75 Å². The second-order valence-corrected chi connectivity index (χ2v) is 7.58. The number of hydrogen-bond donors (Lipinski definition) is 1.